The van der Waals surface area contributed by atoms with E-state index in [9.17, 15) is 5.11 Å². The summed E-state index contributed by atoms with van der Waals surface area (Å²) in [6.45, 7) is 1.91. The van der Waals surface area contributed by atoms with E-state index >= 15 is 0 Å². The smallest absolute Gasteiger partial charge is 0.0917 e. The summed E-state index contributed by atoms with van der Waals surface area (Å²) < 4.78 is 0. The molecule has 1 aromatic rings. The highest BCUT2D eigenvalue weighted by Crippen LogP contribution is 2.37. The van der Waals surface area contributed by atoms with E-state index < -0.39 is 0 Å². The van der Waals surface area contributed by atoms with Crippen LogP contribution in [0.4, 0.5) is 5.69 Å². The SMILES string of the molecule is Nc1ccc(C(O)CN2CCCC3CCCC32)cc1. The number of fused-ring (bicyclic) bond motifs is 1. The minimum Gasteiger partial charge on any atom is -0.399 e. The molecule has 1 heterocycles. The third-order valence-corrected chi connectivity index (χ3v) is 4.84. The average molecular weight is 260 g/mol. The molecule has 3 unspecified atom stereocenters. The normalized spacial score (nSPS) is 29.1. The van der Waals surface area contributed by atoms with E-state index in [0.717, 1.165) is 36.3 Å². The van der Waals surface area contributed by atoms with Gasteiger partial charge in [0.15, 0.2) is 0 Å². The van der Waals surface area contributed by atoms with Crippen LogP contribution in [0.5, 0.6) is 0 Å². The Balaban J connectivity index is 1.65. The number of rotatable bonds is 3. The van der Waals surface area contributed by atoms with Crippen LogP contribution in [0.25, 0.3) is 0 Å². The van der Waals surface area contributed by atoms with E-state index in [1.165, 1.54) is 32.1 Å². The number of nitrogens with two attached hydrogens (primary N) is 1. The molecule has 3 rings (SSSR count). The van der Waals surface area contributed by atoms with Crippen LogP contribution in [0, 0.1) is 5.92 Å². The van der Waals surface area contributed by atoms with Gasteiger partial charge >= 0.3 is 0 Å². The predicted molar refractivity (Wildman–Crippen MR) is 77.8 cm³/mol. The molecular formula is C16H24N2O. The topological polar surface area (TPSA) is 49.5 Å². The van der Waals surface area contributed by atoms with Crippen LogP contribution in [-0.2, 0) is 0 Å². The monoisotopic (exact) mass is 260 g/mol. The summed E-state index contributed by atoms with van der Waals surface area (Å²) >= 11 is 0. The van der Waals surface area contributed by atoms with Gasteiger partial charge in [-0.2, -0.15) is 0 Å². The number of nitrogens with zero attached hydrogens (tertiary/aromatic N) is 1. The Morgan fingerprint density at radius 2 is 1.89 bits per heavy atom. The van der Waals surface area contributed by atoms with Crippen molar-refractivity contribution in [3.05, 3.63) is 29.8 Å². The van der Waals surface area contributed by atoms with Gasteiger partial charge in [0.05, 0.1) is 6.10 Å². The van der Waals surface area contributed by atoms with Crippen molar-refractivity contribution in [1.82, 2.24) is 4.90 Å². The van der Waals surface area contributed by atoms with Crippen molar-refractivity contribution < 1.29 is 5.11 Å². The van der Waals surface area contributed by atoms with E-state index in [1.807, 2.05) is 24.3 Å². The number of hydrogen-bond acceptors (Lipinski definition) is 3. The number of piperidine rings is 1. The molecule has 0 amide bonds. The first-order valence-electron chi connectivity index (χ1n) is 7.51. The van der Waals surface area contributed by atoms with Gasteiger partial charge in [-0.25, -0.2) is 0 Å². The lowest BCUT2D eigenvalue weighted by molar-refractivity contribution is 0.0507. The van der Waals surface area contributed by atoms with Gasteiger partial charge in [0.25, 0.3) is 0 Å². The van der Waals surface area contributed by atoms with E-state index in [-0.39, 0.29) is 6.10 Å². The fourth-order valence-corrected chi connectivity index (χ4v) is 3.83. The molecule has 3 atom stereocenters. The fourth-order valence-electron chi connectivity index (χ4n) is 3.83. The highest BCUT2D eigenvalue weighted by atomic mass is 16.3. The lowest BCUT2D eigenvalue weighted by Crippen LogP contribution is -2.44. The Morgan fingerprint density at radius 1 is 1.16 bits per heavy atom. The first-order valence-corrected chi connectivity index (χ1v) is 7.51. The zero-order valence-electron chi connectivity index (χ0n) is 11.5. The molecule has 0 spiro atoms. The van der Waals surface area contributed by atoms with Crippen LogP contribution in [0.3, 0.4) is 0 Å². The summed E-state index contributed by atoms with van der Waals surface area (Å²) in [5.74, 6) is 0.882. The number of likely N-dealkylation sites (tertiary alicyclic amines) is 1. The lowest BCUT2D eigenvalue weighted by atomic mass is 9.91. The van der Waals surface area contributed by atoms with Crippen molar-refractivity contribution in [2.45, 2.75) is 44.2 Å². The van der Waals surface area contributed by atoms with E-state index in [2.05, 4.69) is 4.90 Å². The van der Waals surface area contributed by atoms with Crippen LogP contribution in [-0.4, -0.2) is 29.1 Å². The molecule has 1 aliphatic carbocycles. The Kier molecular flexibility index (Phi) is 3.76. The highest BCUT2D eigenvalue weighted by Gasteiger charge is 2.35. The van der Waals surface area contributed by atoms with Gasteiger partial charge in [-0.1, -0.05) is 18.6 Å². The molecule has 0 bridgehead atoms. The summed E-state index contributed by atoms with van der Waals surface area (Å²) in [7, 11) is 0. The maximum atomic E-state index is 10.4. The van der Waals surface area contributed by atoms with Crippen molar-refractivity contribution in [1.29, 1.82) is 0 Å². The maximum Gasteiger partial charge on any atom is 0.0917 e. The first kappa shape index (κ1) is 12.9. The third-order valence-electron chi connectivity index (χ3n) is 4.84. The molecule has 0 radical (unpaired) electrons. The molecule has 3 heteroatoms. The van der Waals surface area contributed by atoms with Crippen LogP contribution in [0.1, 0.15) is 43.8 Å². The van der Waals surface area contributed by atoms with Crippen molar-refractivity contribution in [2.75, 3.05) is 18.8 Å². The number of β-amino-alcohol motifs (C(OH)–C–C–N with tert-alkyl or cyclic N) is 1. The van der Waals surface area contributed by atoms with Crippen LogP contribution >= 0.6 is 0 Å². The van der Waals surface area contributed by atoms with Gasteiger partial charge < -0.3 is 10.8 Å². The fraction of sp³-hybridized carbons (Fsp3) is 0.625. The molecule has 2 fully saturated rings. The van der Waals surface area contributed by atoms with Gasteiger partial charge in [0.1, 0.15) is 0 Å². The van der Waals surface area contributed by atoms with Gasteiger partial charge in [0, 0.05) is 18.3 Å². The summed E-state index contributed by atoms with van der Waals surface area (Å²) in [4.78, 5) is 2.52. The molecule has 1 aromatic carbocycles. The summed E-state index contributed by atoms with van der Waals surface area (Å²) in [6, 6.07) is 8.34. The van der Waals surface area contributed by atoms with E-state index in [0.29, 0.717) is 0 Å². The van der Waals surface area contributed by atoms with E-state index in [4.69, 9.17) is 5.73 Å². The standard InChI is InChI=1S/C16H24N2O/c17-14-8-6-13(7-9-14)16(19)11-18-10-2-4-12-3-1-5-15(12)18/h6-9,12,15-16,19H,1-5,10-11,17H2. The second kappa shape index (κ2) is 5.51. The number of aliphatic hydroxyl groups excluding tert-OH is 1. The summed E-state index contributed by atoms with van der Waals surface area (Å²) in [6.07, 6.45) is 6.36. The van der Waals surface area contributed by atoms with Crippen molar-refractivity contribution in [3.63, 3.8) is 0 Å². The van der Waals surface area contributed by atoms with Crippen molar-refractivity contribution >= 4 is 5.69 Å². The lowest BCUT2D eigenvalue weighted by Gasteiger charge is -2.38. The molecule has 1 saturated carbocycles. The predicted octanol–water partition coefficient (Wildman–Crippen LogP) is 2.57. The summed E-state index contributed by atoms with van der Waals surface area (Å²) in [5, 5.41) is 10.4. The van der Waals surface area contributed by atoms with Crippen LogP contribution < -0.4 is 5.73 Å². The molecular weight excluding hydrogens is 236 g/mol. The highest BCUT2D eigenvalue weighted by molar-refractivity contribution is 5.39. The van der Waals surface area contributed by atoms with E-state index in [1.54, 1.807) is 0 Å². The zero-order chi connectivity index (χ0) is 13.2. The third kappa shape index (κ3) is 2.77. The Labute approximate surface area is 115 Å². The Hall–Kier alpha value is -1.06. The van der Waals surface area contributed by atoms with Gasteiger partial charge in [-0.05, 0) is 55.8 Å². The van der Waals surface area contributed by atoms with Crippen LogP contribution in [0.15, 0.2) is 24.3 Å². The molecule has 104 valence electrons. The minimum absolute atomic E-state index is 0.389. The number of nitrogen functional groups attached to an aromatic ring is 1. The number of aliphatic hydroxyl groups is 1. The largest absolute Gasteiger partial charge is 0.399 e. The Bertz CT molecular complexity index is 417. The second-order valence-electron chi connectivity index (χ2n) is 6.08. The minimum atomic E-state index is -0.389. The maximum absolute atomic E-state index is 10.4. The average Bonchev–Trinajstić information content (AvgIpc) is 2.89. The second-order valence-corrected chi connectivity index (χ2v) is 6.08. The van der Waals surface area contributed by atoms with Crippen molar-refractivity contribution in [3.8, 4) is 0 Å². The molecule has 1 saturated heterocycles. The molecule has 2 aliphatic rings. The molecule has 19 heavy (non-hydrogen) atoms. The molecule has 0 aromatic heterocycles. The molecule has 3 nitrogen and oxygen atoms in total. The number of hydrogen-bond donors (Lipinski definition) is 2. The van der Waals surface area contributed by atoms with Crippen molar-refractivity contribution in [2.24, 2.45) is 5.92 Å². The first-order chi connectivity index (χ1) is 9.24. The number of benzene rings is 1. The van der Waals surface area contributed by atoms with Crippen LogP contribution in [0.2, 0.25) is 0 Å². The molecule has 1 aliphatic heterocycles. The molecule has 3 N–H and O–H groups in total. The van der Waals surface area contributed by atoms with Gasteiger partial charge in [-0.3, -0.25) is 4.90 Å². The number of anilines is 1. The van der Waals surface area contributed by atoms with Gasteiger partial charge in [-0.15, -0.1) is 0 Å². The summed E-state index contributed by atoms with van der Waals surface area (Å²) in [5.41, 5.74) is 7.42. The Morgan fingerprint density at radius 3 is 2.68 bits per heavy atom. The quantitative estimate of drug-likeness (QED) is 0.821. The zero-order valence-corrected chi connectivity index (χ0v) is 11.5. The van der Waals surface area contributed by atoms with Gasteiger partial charge in [0.2, 0.25) is 0 Å².